The Morgan fingerprint density at radius 2 is 1.58 bits per heavy atom. The molecule has 136 valence electrons. The number of hydrogen-bond donors (Lipinski definition) is 1. The van der Waals surface area contributed by atoms with Crippen molar-refractivity contribution in [1.82, 2.24) is 9.80 Å². The van der Waals surface area contributed by atoms with E-state index in [1.165, 1.54) is 0 Å². The van der Waals surface area contributed by atoms with Crippen LogP contribution in [0.1, 0.15) is 10.4 Å². The van der Waals surface area contributed by atoms with Gasteiger partial charge in [0, 0.05) is 31.7 Å². The Kier molecular flexibility index (Phi) is 5.02. The van der Waals surface area contributed by atoms with E-state index in [1.54, 1.807) is 4.90 Å². The first-order valence-corrected chi connectivity index (χ1v) is 9.17. The van der Waals surface area contributed by atoms with Gasteiger partial charge in [-0.25, -0.2) is 0 Å². The number of rotatable bonds is 3. The number of likely N-dealkylation sites (tertiary alicyclic amines) is 1. The summed E-state index contributed by atoms with van der Waals surface area (Å²) in [6.45, 7) is 3.98. The summed E-state index contributed by atoms with van der Waals surface area (Å²) in [4.78, 5) is 16.8. The Morgan fingerprint density at radius 3 is 2.27 bits per heavy atom. The molecule has 0 spiro atoms. The zero-order chi connectivity index (χ0) is 17.9. The quantitative estimate of drug-likeness (QED) is 0.916. The summed E-state index contributed by atoms with van der Waals surface area (Å²) in [5.41, 5.74) is 2.89. The molecule has 26 heavy (non-hydrogen) atoms. The largest absolute Gasteiger partial charge is 0.390 e. The maximum atomic E-state index is 12.8. The molecule has 2 aliphatic rings. The molecule has 0 bridgehead atoms. The van der Waals surface area contributed by atoms with Gasteiger partial charge >= 0.3 is 0 Å². The van der Waals surface area contributed by atoms with Crippen LogP contribution >= 0.6 is 0 Å². The molecule has 4 rings (SSSR count). The van der Waals surface area contributed by atoms with Gasteiger partial charge < -0.3 is 14.7 Å². The molecule has 2 unspecified atom stereocenters. The molecule has 0 saturated carbocycles. The van der Waals surface area contributed by atoms with Crippen LogP contribution < -0.4 is 0 Å². The Labute approximate surface area is 153 Å². The van der Waals surface area contributed by atoms with Gasteiger partial charge in [-0.3, -0.25) is 9.69 Å². The van der Waals surface area contributed by atoms with Crippen LogP contribution in [0.15, 0.2) is 54.6 Å². The predicted molar refractivity (Wildman–Crippen MR) is 100.0 cm³/mol. The molecule has 0 aromatic heterocycles. The molecular formula is C21H24N2O3. The summed E-state index contributed by atoms with van der Waals surface area (Å²) < 4.78 is 5.38. The van der Waals surface area contributed by atoms with Gasteiger partial charge in [0.05, 0.1) is 25.4 Å². The Hall–Kier alpha value is -2.21. The van der Waals surface area contributed by atoms with Crippen LogP contribution in [0.4, 0.5) is 0 Å². The summed E-state index contributed by atoms with van der Waals surface area (Å²) >= 11 is 0. The molecule has 2 fully saturated rings. The van der Waals surface area contributed by atoms with Crippen LogP contribution in [-0.4, -0.2) is 72.4 Å². The fourth-order valence-corrected chi connectivity index (χ4v) is 3.82. The molecule has 2 aromatic rings. The van der Waals surface area contributed by atoms with Crippen molar-refractivity contribution in [3.63, 3.8) is 0 Å². The van der Waals surface area contributed by atoms with Gasteiger partial charge in [0.25, 0.3) is 5.91 Å². The molecule has 5 heteroatoms. The van der Waals surface area contributed by atoms with Gasteiger partial charge in [-0.2, -0.15) is 0 Å². The number of aliphatic hydroxyl groups is 1. The summed E-state index contributed by atoms with van der Waals surface area (Å²) in [6, 6.07) is 17.8. The van der Waals surface area contributed by atoms with Crippen LogP contribution in [0.2, 0.25) is 0 Å². The van der Waals surface area contributed by atoms with E-state index in [0.29, 0.717) is 31.9 Å². The number of morpholine rings is 1. The molecule has 0 aliphatic carbocycles. The molecule has 2 atom stereocenters. The third kappa shape index (κ3) is 3.51. The summed E-state index contributed by atoms with van der Waals surface area (Å²) in [5, 5.41) is 10.4. The summed E-state index contributed by atoms with van der Waals surface area (Å²) in [5.74, 6) is -0.0144. The van der Waals surface area contributed by atoms with E-state index in [-0.39, 0.29) is 11.9 Å². The van der Waals surface area contributed by atoms with E-state index in [2.05, 4.69) is 17.0 Å². The number of carbonyl (C=O) groups is 1. The maximum absolute atomic E-state index is 12.8. The Morgan fingerprint density at radius 1 is 0.923 bits per heavy atom. The van der Waals surface area contributed by atoms with Crippen LogP contribution in [0.25, 0.3) is 11.1 Å². The highest BCUT2D eigenvalue weighted by Gasteiger charge is 2.38. The van der Waals surface area contributed by atoms with E-state index in [0.717, 1.165) is 24.2 Å². The van der Waals surface area contributed by atoms with Crippen molar-refractivity contribution in [1.29, 1.82) is 0 Å². The second-order valence-electron chi connectivity index (χ2n) is 6.94. The number of nitrogens with zero attached hydrogens (tertiary/aromatic N) is 2. The van der Waals surface area contributed by atoms with Crippen molar-refractivity contribution >= 4 is 5.91 Å². The normalized spacial score (nSPS) is 24.0. The highest BCUT2D eigenvalue weighted by atomic mass is 16.5. The molecule has 2 saturated heterocycles. The highest BCUT2D eigenvalue weighted by molar-refractivity contribution is 5.95. The van der Waals surface area contributed by atoms with Gasteiger partial charge in [0.2, 0.25) is 0 Å². The van der Waals surface area contributed by atoms with Crippen molar-refractivity contribution < 1.29 is 14.6 Å². The van der Waals surface area contributed by atoms with Crippen molar-refractivity contribution in [3.8, 4) is 11.1 Å². The molecule has 0 radical (unpaired) electrons. The van der Waals surface area contributed by atoms with Crippen LogP contribution in [-0.2, 0) is 4.74 Å². The second-order valence-corrected chi connectivity index (χ2v) is 6.94. The first-order valence-electron chi connectivity index (χ1n) is 9.17. The van der Waals surface area contributed by atoms with Gasteiger partial charge in [0.15, 0.2) is 0 Å². The van der Waals surface area contributed by atoms with E-state index < -0.39 is 6.10 Å². The number of β-amino-alcohol motifs (C(OH)–C–C–N with tert-alkyl or cyclic N) is 1. The Balaban J connectivity index is 1.44. The number of amides is 1. The molecule has 2 heterocycles. The van der Waals surface area contributed by atoms with Gasteiger partial charge in [0.1, 0.15) is 0 Å². The topological polar surface area (TPSA) is 53.0 Å². The minimum Gasteiger partial charge on any atom is -0.390 e. The highest BCUT2D eigenvalue weighted by Crippen LogP contribution is 2.22. The van der Waals surface area contributed by atoms with Gasteiger partial charge in [-0.15, -0.1) is 0 Å². The average Bonchev–Trinajstić information content (AvgIpc) is 3.10. The lowest BCUT2D eigenvalue weighted by molar-refractivity contribution is -0.00611. The smallest absolute Gasteiger partial charge is 0.253 e. The average molecular weight is 352 g/mol. The zero-order valence-electron chi connectivity index (χ0n) is 14.8. The number of aliphatic hydroxyl groups excluding tert-OH is 1. The monoisotopic (exact) mass is 352 g/mol. The Bertz CT molecular complexity index is 742. The third-order valence-electron chi connectivity index (χ3n) is 5.30. The number of carbonyl (C=O) groups excluding carboxylic acids is 1. The van der Waals surface area contributed by atoms with Crippen molar-refractivity contribution in [3.05, 3.63) is 60.2 Å². The van der Waals surface area contributed by atoms with Crippen molar-refractivity contribution in [2.75, 3.05) is 39.4 Å². The van der Waals surface area contributed by atoms with E-state index in [1.807, 2.05) is 42.5 Å². The first kappa shape index (κ1) is 17.2. The molecule has 1 N–H and O–H groups in total. The van der Waals surface area contributed by atoms with Crippen LogP contribution in [0.3, 0.4) is 0 Å². The lowest BCUT2D eigenvalue weighted by Gasteiger charge is -2.33. The fourth-order valence-electron chi connectivity index (χ4n) is 3.82. The van der Waals surface area contributed by atoms with E-state index >= 15 is 0 Å². The lowest BCUT2D eigenvalue weighted by atomic mass is 10.0. The molecule has 5 nitrogen and oxygen atoms in total. The predicted octanol–water partition coefficient (Wildman–Crippen LogP) is 1.87. The number of hydrogen-bond acceptors (Lipinski definition) is 4. The fraction of sp³-hybridized carbons (Fsp3) is 0.381. The maximum Gasteiger partial charge on any atom is 0.253 e. The second kappa shape index (κ2) is 7.58. The minimum atomic E-state index is -0.499. The van der Waals surface area contributed by atoms with Crippen LogP contribution in [0.5, 0.6) is 0 Å². The van der Waals surface area contributed by atoms with Crippen molar-refractivity contribution in [2.24, 2.45) is 0 Å². The third-order valence-corrected chi connectivity index (χ3v) is 5.30. The van der Waals surface area contributed by atoms with Crippen molar-refractivity contribution in [2.45, 2.75) is 12.1 Å². The van der Waals surface area contributed by atoms with E-state index in [4.69, 9.17) is 4.74 Å². The van der Waals surface area contributed by atoms with Crippen LogP contribution in [0, 0.1) is 0 Å². The zero-order valence-corrected chi connectivity index (χ0v) is 14.8. The number of benzene rings is 2. The standard InChI is InChI=1S/C21H24N2O3/c24-20-15-23(14-19(20)22-10-12-26-13-11-22)21(25)18-8-6-17(7-9-18)16-4-2-1-3-5-16/h1-9,19-20,24H,10-15H2. The number of ether oxygens (including phenoxy) is 1. The molecule has 2 aliphatic heterocycles. The van der Waals surface area contributed by atoms with E-state index in [9.17, 15) is 9.90 Å². The molecular weight excluding hydrogens is 328 g/mol. The SMILES string of the molecule is O=C(c1ccc(-c2ccccc2)cc1)N1CC(O)C(N2CCOCC2)C1. The molecule has 2 aromatic carbocycles. The van der Waals surface area contributed by atoms with Gasteiger partial charge in [-0.05, 0) is 23.3 Å². The summed E-state index contributed by atoms with van der Waals surface area (Å²) in [7, 11) is 0. The first-order chi connectivity index (χ1) is 12.7. The summed E-state index contributed by atoms with van der Waals surface area (Å²) in [6.07, 6.45) is -0.499. The van der Waals surface area contributed by atoms with Gasteiger partial charge in [-0.1, -0.05) is 42.5 Å². The lowest BCUT2D eigenvalue weighted by Crippen LogP contribution is -2.49. The molecule has 1 amide bonds. The minimum absolute atomic E-state index is 0.00596.